The average Bonchev–Trinajstić information content (AvgIpc) is 3.07. The van der Waals surface area contributed by atoms with Gasteiger partial charge in [0.15, 0.2) is 6.17 Å². The fourth-order valence-corrected chi connectivity index (χ4v) is 4.14. The average molecular weight is 351 g/mol. The topological polar surface area (TPSA) is 51.2 Å². The summed E-state index contributed by atoms with van der Waals surface area (Å²) in [5.41, 5.74) is 0.812. The molecule has 0 bridgehead atoms. The lowest BCUT2D eigenvalue weighted by molar-refractivity contribution is 0.286. The van der Waals surface area contributed by atoms with Gasteiger partial charge in [-0.05, 0) is 18.2 Å². The van der Waals surface area contributed by atoms with Crippen molar-refractivity contribution in [2.24, 2.45) is 0 Å². The van der Waals surface area contributed by atoms with Crippen molar-refractivity contribution in [2.45, 2.75) is 6.17 Å². The molecule has 0 radical (unpaired) electrons. The molecule has 2 aromatic rings. The van der Waals surface area contributed by atoms with Crippen LogP contribution in [0.1, 0.15) is 0 Å². The van der Waals surface area contributed by atoms with E-state index in [0.29, 0.717) is 36.5 Å². The highest BCUT2D eigenvalue weighted by atomic mass is 35.5. The summed E-state index contributed by atoms with van der Waals surface area (Å²) in [5, 5.41) is 18.0. The molecule has 0 aliphatic carbocycles. The summed E-state index contributed by atoms with van der Waals surface area (Å²) < 4.78 is 0.434. The molecule has 0 spiro atoms. The van der Waals surface area contributed by atoms with Crippen LogP contribution in [0, 0.1) is 5.21 Å². The van der Waals surface area contributed by atoms with Gasteiger partial charge in [-0.3, -0.25) is 9.96 Å². The van der Waals surface area contributed by atoms with Crippen LogP contribution in [0.2, 0.25) is 5.02 Å². The smallest absolute Gasteiger partial charge is 0.289 e. The Morgan fingerprint density at radius 3 is 3.04 bits per heavy atom. The molecule has 1 aromatic heterocycles. The fourth-order valence-electron chi connectivity index (χ4n) is 2.82. The van der Waals surface area contributed by atoms with Crippen molar-refractivity contribution < 1.29 is 0 Å². The van der Waals surface area contributed by atoms with E-state index in [1.807, 2.05) is 18.2 Å². The fraction of sp³-hybridized carbons (Fsp3) is 0.312. The first-order valence-electron chi connectivity index (χ1n) is 7.40. The summed E-state index contributed by atoms with van der Waals surface area (Å²) in [7, 11) is 0. The minimum atomic E-state index is -0.501. The number of nitrogens with zero attached hydrogens (tertiary/aromatic N) is 3. The summed E-state index contributed by atoms with van der Waals surface area (Å²) in [6.45, 7) is 9.76. The Bertz CT molecular complexity index is 734. The van der Waals surface area contributed by atoms with Gasteiger partial charge in [0, 0.05) is 18.1 Å². The van der Waals surface area contributed by atoms with Crippen LogP contribution in [0.4, 0.5) is 5.13 Å². The van der Waals surface area contributed by atoms with E-state index in [-0.39, 0.29) is 6.17 Å². The predicted molar refractivity (Wildman–Crippen MR) is 98.4 cm³/mol. The monoisotopic (exact) mass is 350 g/mol. The van der Waals surface area contributed by atoms with Gasteiger partial charge >= 0.3 is 0 Å². The van der Waals surface area contributed by atoms with Crippen LogP contribution in [-0.2, 0) is 0 Å². The summed E-state index contributed by atoms with van der Waals surface area (Å²) in [6.07, 6.45) is 3.31. The molecule has 1 N–H and O–H groups in total. The minimum Gasteiger partial charge on any atom is -0.623 e. The van der Waals surface area contributed by atoms with E-state index in [4.69, 9.17) is 11.6 Å². The Balaban J connectivity index is 1.96. The lowest BCUT2D eigenvalue weighted by Gasteiger charge is -2.40. The van der Waals surface area contributed by atoms with Gasteiger partial charge in [0.1, 0.15) is 6.67 Å². The molecular weight excluding hydrogens is 332 g/mol. The minimum absolute atomic E-state index is 0.274. The zero-order chi connectivity index (χ0) is 16.4. The number of rotatable bonds is 6. The SMILES string of the molecule is C=CCNC1CN(CC=C)C[N+]1([O-])c1nc2ccc(Cl)cc2s1. The number of hydrogen-bond donors (Lipinski definition) is 1. The van der Waals surface area contributed by atoms with Gasteiger partial charge in [-0.2, -0.15) is 4.98 Å². The number of aromatic nitrogens is 1. The third-order valence-electron chi connectivity index (χ3n) is 3.89. The van der Waals surface area contributed by atoms with Crippen molar-refractivity contribution in [3.05, 3.63) is 53.7 Å². The predicted octanol–water partition coefficient (Wildman–Crippen LogP) is 3.32. The Labute approximate surface area is 144 Å². The van der Waals surface area contributed by atoms with Crippen LogP contribution >= 0.6 is 22.9 Å². The molecule has 3 rings (SSSR count). The maximum atomic E-state index is 13.6. The highest BCUT2D eigenvalue weighted by Crippen LogP contribution is 2.37. The molecule has 1 aliphatic rings. The van der Waals surface area contributed by atoms with Gasteiger partial charge in [-0.25, -0.2) is 4.90 Å². The lowest BCUT2D eigenvalue weighted by Crippen LogP contribution is -2.55. The second kappa shape index (κ2) is 6.68. The number of fused-ring (bicyclic) bond motifs is 1. The Kier molecular flexibility index (Phi) is 4.82. The summed E-state index contributed by atoms with van der Waals surface area (Å²) in [5.74, 6) is 0. The van der Waals surface area contributed by atoms with Crippen LogP contribution in [0.3, 0.4) is 0 Å². The number of thiazole rings is 1. The van der Waals surface area contributed by atoms with Gasteiger partial charge in [-0.15, -0.1) is 13.2 Å². The molecule has 0 saturated carbocycles. The van der Waals surface area contributed by atoms with Crippen LogP contribution in [0.15, 0.2) is 43.5 Å². The third-order valence-corrected chi connectivity index (χ3v) is 5.26. The van der Waals surface area contributed by atoms with E-state index < -0.39 is 4.65 Å². The number of halogens is 1. The molecule has 2 unspecified atom stereocenters. The zero-order valence-electron chi connectivity index (χ0n) is 12.7. The van der Waals surface area contributed by atoms with E-state index in [2.05, 4.69) is 28.4 Å². The number of nitrogens with one attached hydrogen (secondary N) is 1. The summed E-state index contributed by atoms with van der Waals surface area (Å²) in [6, 6.07) is 5.51. The number of benzene rings is 1. The maximum Gasteiger partial charge on any atom is 0.289 e. The molecule has 1 saturated heterocycles. The molecule has 1 aromatic carbocycles. The molecule has 0 amide bonds. The highest BCUT2D eigenvalue weighted by molar-refractivity contribution is 7.22. The van der Waals surface area contributed by atoms with Gasteiger partial charge in [0.05, 0.1) is 16.8 Å². The summed E-state index contributed by atoms with van der Waals surface area (Å²) >= 11 is 7.45. The first kappa shape index (κ1) is 16.6. The van der Waals surface area contributed by atoms with Gasteiger partial charge in [0.25, 0.3) is 5.13 Å². The molecular formula is C16H19ClN4OS. The molecule has 23 heavy (non-hydrogen) atoms. The molecule has 1 aliphatic heterocycles. The van der Waals surface area contributed by atoms with E-state index in [9.17, 15) is 5.21 Å². The third kappa shape index (κ3) is 3.19. The molecule has 122 valence electrons. The van der Waals surface area contributed by atoms with Crippen molar-refractivity contribution in [3.8, 4) is 0 Å². The van der Waals surface area contributed by atoms with Crippen LogP contribution in [0.25, 0.3) is 10.2 Å². The maximum absolute atomic E-state index is 13.6. The van der Waals surface area contributed by atoms with Gasteiger partial charge in [0.2, 0.25) is 0 Å². The second-order valence-electron chi connectivity index (χ2n) is 5.58. The molecule has 7 heteroatoms. The van der Waals surface area contributed by atoms with Gasteiger partial charge < -0.3 is 5.21 Å². The van der Waals surface area contributed by atoms with Crippen molar-refractivity contribution in [1.82, 2.24) is 19.8 Å². The standard InChI is InChI=1S/C16H19ClN4OS/c1-3-7-18-15-10-20(8-4-2)11-21(15,22)16-19-13-6-5-12(17)9-14(13)23-16/h3-6,9,15,18H,1-2,7-8,10-11H2. The Morgan fingerprint density at radius 1 is 1.48 bits per heavy atom. The van der Waals surface area contributed by atoms with Crippen molar-refractivity contribution >= 4 is 38.3 Å². The first-order chi connectivity index (χ1) is 11.1. The molecule has 5 nitrogen and oxygen atoms in total. The number of hydroxylamine groups is 2. The lowest BCUT2D eigenvalue weighted by atomic mass is 10.3. The van der Waals surface area contributed by atoms with Crippen molar-refractivity contribution in [3.63, 3.8) is 0 Å². The molecule has 1 fully saturated rings. The first-order valence-corrected chi connectivity index (χ1v) is 8.59. The van der Waals surface area contributed by atoms with Crippen molar-refractivity contribution in [2.75, 3.05) is 26.3 Å². The second-order valence-corrected chi connectivity index (χ2v) is 7.03. The largest absolute Gasteiger partial charge is 0.623 e. The Morgan fingerprint density at radius 2 is 2.30 bits per heavy atom. The van der Waals surface area contributed by atoms with Crippen LogP contribution in [-0.4, -0.2) is 42.4 Å². The van der Waals surface area contributed by atoms with Crippen LogP contribution in [0.5, 0.6) is 0 Å². The van der Waals surface area contributed by atoms with Crippen molar-refractivity contribution in [1.29, 1.82) is 0 Å². The summed E-state index contributed by atoms with van der Waals surface area (Å²) in [4.78, 5) is 6.64. The van der Waals surface area contributed by atoms with E-state index in [1.54, 1.807) is 12.1 Å². The van der Waals surface area contributed by atoms with E-state index >= 15 is 0 Å². The highest BCUT2D eigenvalue weighted by Gasteiger charge is 2.42. The van der Waals surface area contributed by atoms with E-state index in [0.717, 1.165) is 10.2 Å². The quantitative estimate of drug-likeness (QED) is 0.493. The Hall–Kier alpha value is -1.28. The van der Waals surface area contributed by atoms with E-state index in [1.165, 1.54) is 11.3 Å². The molecule has 2 heterocycles. The normalized spacial score (nSPS) is 25.0. The molecule has 2 atom stereocenters. The number of quaternary nitrogens is 1. The zero-order valence-corrected chi connectivity index (χ0v) is 14.3. The van der Waals surface area contributed by atoms with Gasteiger partial charge in [-0.1, -0.05) is 35.1 Å². The number of hydrogen-bond acceptors (Lipinski definition) is 5. The van der Waals surface area contributed by atoms with Crippen LogP contribution < -0.4 is 9.96 Å².